The number of aromatic nitrogens is 4. The molecule has 0 saturated carbocycles. The fraction of sp³-hybridized carbons (Fsp3) is 0.286. The first-order valence-electron chi connectivity index (χ1n) is 15.1. The summed E-state index contributed by atoms with van der Waals surface area (Å²) in [5, 5.41) is 68.0. The molecule has 0 aliphatic carbocycles. The topological polar surface area (TPSA) is 340 Å². The van der Waals surface area contributed by atoms with Gasteiger partial charge >= 0.3 is 45.0 Å². The van der Waals surface area contributed by atoms with E-state index in [1.807, 2.05) is 6.92 Å². The number of nitrogens with two attached hydrogens (primary N) is 2. The summed E-state index contributed by atoms with van der Waals surface area (Å²) in [6.07, 6.45) is -1.54. The number of oxime groups is 2. The fourth-order valence-electron chi connectivity index (χ4n) is 5.41. The second kappa shape index (κ2) is 19.0. The predicted octanol–water partition coefficient (Wildman–Crippen LogP) is -2.76. The van der Waals surface area contributed by atoms with Gasteiger partial charge in [0.1, 0.15) is 11.5 Å². The van der Waals surface area contributed by atoms with Crippen LogP contribution in [0.25, 0.3) is 0 Å². The van der Waals surface area contributed by atoms with Crippen LogP contribution in [-0.4, -0.2) is 95.9 Å². The van der Waals surface area contributed by atoms with Gasteiger partial charge in [-0.15, -0.1) is 10.2 Å². The zero-order chi connectivity index (χ0) is 37.7. The first kappa shape index (κ1) is 43.6. The van der Waals surface area contributed by atoms with Crippen LogP contribution in [0.3, 0.4) is 0 Å². The molecule has 2 aromatic heterocycles. The van der Waals surface area contributed by atoms with Crippen LogP contribution >= 0.6 is 22.7 Å². The Bertz CT molecular complexity index is 2040. The van der Waals surface area contributed by atoms with Crippen LogP contribution in [0.4, 0.5) is 0 Å². The average Bonchev–Trinajstić information content (AvgIpc) is 3.88. The van der Waals surface area contributed by atoms with Gasteiger partial charge in [-0.2, -0.15) is 0 Å². The number of nitrogens with zero attached hydrogens (tertiary/aromatic N) is 6. The van der Waals surface area contributed by atoms with Gasteiger partial charge in [0.05, 0.1) is 31.7 Å². The Morgan fingerprint density at radius 3 is 1.63 bits per heavy atom. The van der Waals surface area contributed by atoms with Gasteiger partial charge in [0.15, 0.2) is 10.0 Å². The minimum Gasteiger partial charge on any atom is -0.870 e. The molecule has 0 radical (unpaired) electrons. The molecule has 2 unspecified atom stereocenters. The van der Waals surface area contributed by atoms with Crippen molar-refractivity contribution in [1.29, 1.82) is 0 Å². The summed E-state index contributed by atoms with van der Waals surface area (Å²) in [5.41, 5.74) is 14.7. The van der Waals surface area contributed by atoms with Crippen molar-refractivity contribution in [3.05, 3.63) is 56.5 Å². The van der Waals surface area contributed by atoms with Gasteiger partial charge in [-0.25, -0.2) is 0 Å². The largest absolute Gasteiger partial charge is 1.00 e. The Labute approximate surface area is 326 Å². The molecule has 2 aliphatic heterocycles. The molecule has 10 N–H and O–H groups in total. The number of aliphatic carboxylic acids is 1. The van der Waals surface area contributed by atoms with Crippen molar-refractivity contribution in [3.8, 4) is 21.9 Å². The number of hydrogen-bond donors (Lipinski definition) is 7. The van der Waals surface area contributed by atoms with Gasteiger partial charge in [0, 0.05) is 0 Å². The third-order valence-electron chi connectivity index (χ3n) is 7.44. The van der Waals surface area contributed by atoms with Crippen molar-refractivity contribution in [2.75, 3.05) is 6.61 Å². The van der Waals surface area contributed by atoms with Crippen molar-refractivity contribution < 1.29 is 83.0 Å². The van der Waals surface area contributed by atoms with Crippen LogP contribution in [0.5, 0.6) is 21.9 Å². The number of carbonyl (C=O) groups excluding carboxylic acids is 1. The van der Waals surface area contributed by atoms with Gasteiger partial charge < -0.3 is 66.0 Å². The van der Waals surface area contributed by atoms with E-state index in [1.165, 1.54) is 0 Å². The number of carbonyl (C=O) groups is 2. The maximum Gasteiger partial charge on any atom is 1.00 e. The van der Waals surface area contributed by atoms with E-state index < -0.39 is 38.4 Å². The summed E-state index contributed by atoms with van der Waals surface area (Å²) in [6, 6.07) is 6.59. The minimum atomic E-state index is -1.23. The third kappa shape index (κ3) is 10.0. The number of benzene rings is 2. The maximum absolute atomic E-state index is 11.8. The fourth-order valence-corrected chi connectivity index (χ4v) is 6.63. The molecule has 2 atom stereocenters. The number of rotatable bonds is 11. The minimum absolute atomic E-state index is 0. The number of ether oxygens (including phenoxy) is 3. The van der Waals surface area contributed by atoms with E-state index in [-0.39, 0.29) is 75.9 Å². The molecule has 21 nitrogen and oxygen atoms in total. The molecule has 2 aliphatic rings. The molecule has 2 aromatic carbocycles. The Morgan fingerprint density at radius 1 is 0.815 bits per heavy atom. The van der Waals surface area contributed by atoms with Gasteiger partial charge in [0.25, 0.3) is 10.4 Å². The monoisotopic (exact) mass is 780 g/mol. The predicted molar refractivity (Wildman–Crippen MR) is 186 cm³/mol. The van der Waals surface area contributed by atoms with Crippen LogP contribution in [-0.2, 0) is 23.6 Å². The number of hydrogen-bond acceptors (Lipinski definition) is 20. The molecule has 0 spiro atoms. The van der Waals surface area contributed by atoms with E-state index in [2.05, 4.69) is 30.7 Å². The second-order valence-corrected chi connectivity index (χ2v) is 12.8. The zero-order valence-corrected chi connectivity index (χ0v) is 30.6. The van der Waals surface area contributed by atoms with Crippen LogP contribution in [0.15, 0.2) is 34.6 Å². The molecule has 4 aromatic rings. The smallest absolute Gasteiger partial charge is 0.870 e. The van der Waals surface area contributed by atoms with E-state index in [0.717, 1.165) is 39.4 Å². The Morgan fingerprint density at radius 2 is 1.24 bits per heavy atom. The molecule has 54 heavy (non-hydrogen) atoms. The summed E-state index contributed by atoms with van der Waals surface area (Å²) in [7, 11) is -2.41. The third-order valence-corrected chi connectivity index (χ3v) is 9.09. The van der Waals surface area contributed by atoms with Crippen molar-refractivity contribution in [2.45, 2.75) is 45.8 Å². The van der Waals surface area contributed by atoms with Gasteiger partial charge in [-0.05, 0) is 78.2 Å². The van der Waals surface area contributed by atoms with Gasteiger partial charge in [0.2, 0.25) is 11.7 Å². The van der Waals surface area contributed by atoms with E-state index in [9.17, 15) is 19.6 Å². The maximum atomic E-state index is 11.8. The molecular weight excluding hydrogens is 749 g/mol. The molecule has 0 amide bonds. The summed E-state index contributed by atoms with van der Waals surface area (Å²) in [4.78, 5) is 22.7. The molecule has 26 heteroatoms. The van der Waals surface area contributed by atoms with Crippen molar-refractivity contribution in [2.24, 2.45) is 21.8 Å². The number of amidine groups is 2. The zero-order valence-electron chi connectivity index (χ0n) is 28.9. The van der Waals surface area contributed by atoms with Crippen LogP contribution in [0, 0.1) is 13.8 Å². The van der Waals surface area contributed by atoms with E-state index in [0.29, 0.717) is 28.0 Å². The first-order valence-corrected chi connectivity index (χ1v) is 16.8. The number of esters is 1. The van der Waals surface area contributed by atoms with E-state index in [4.69, 9.17) is 50.5 Å². The van der Waals surface area contributed by atoms with Crippen LogP contribution in [0.1, 0.15) is 64.2 Å². The normalized spacial score (nSPS) is 15.9. The Hall–Kier alpha value is -4.83. The number of carboxylic acid groups (broad SMARTS) is 1. The number of carboxylic acids is 1. The standard InChI is InChI=1S/C15H17BN4O6S.C13H13BN4O6S.Li.H2O/c1-3-24-11(21)6-10-12-7(2)4-8(5-9(12)16(22)26-10)25-15-19-18-14(27-15)13(17)20-23;1-5-2-6(23-13-17-16-12(25-13)11(15)18-22)3-7-10(5)8(4-9(19)20)24-14(7)21;;/h4-5,10,22-23H,3,6H2,1-2H3,(H2,17,20);2-3,8,21-22H,4H2,1H3,(H2,15,18)(H,19,20);;1H2/q;;+1;/p-1. The molecular formula is C28H31B2LiN8O13S2. The molecule has 6 rings (SSSR count). The van der Waals surface area contributed by atoms with Crippen molar-refractivity contribution in [1.82, 2.24) is 20.4 Å². The molecule has 0 fully saturated rings. The second-order valence-electron chi connectivity index (χ2n) is 11.0. The molecule has 4 heterocycles. The molecule has 0 saturated heterocycles. The van der Waals surface area contributed by atoms with Crippen molar-refractivity contribution >= 4 is 71.4 Å². The Balaban J connectivity index is 0.000000281. The van der Waals surface area contributed by atoms with E-state index >= 15 is 0 Å². The summed E-state index contributed by atoms with van der Waals surface area (Å²) in [6.45, 7) is 5.60. The molecule has 0 bridgehead atoms. The summed E-state index contributed by atoms with van der Waals surface area (Å²) < 4.78 is 27.0. The van der Waals surface area contributed by atoms with Crippen LogP contribution < -0.4 is 50.7 Å². The Kier molecular flexibility index (Phi) is 15.3. The van der Waals surface area contributed by atoms with Gasteiger partial charge in [-0.1, -0.05) is 43.2 Å². The SMILES string of the molecule is CCOC(=O)CC1OB(O)c2cc(Oc3nnc(C(N)=NO)s3)cc(C)c21.Cc1cc(Oc2nnc(C(N)=NO)s2)cc2c1C(CC(=O)O)OB2O.[Li+].[OH-]. The average molecular weight is 780 g/mol. The van der Waals surface area contributed by atoms with Gasteiger partial charge in [-0.3, -0.25) is 9.59 Å². The quantitative estimate of drug-likeness (QED) is 0.0202. The van der Waals surface area contributed by atoms with E-state index in [1.54, 1.807) is 38.1 Å². The summed E-state index contributed by atoms with van der Waals surface area (Å²) in [5.74, 6) is -0.984. The van der Waals surface area contributed by atoms with Crippen LogP contribution in [0.2, 0.25) is 0 Å². The van der Waals surface area contributed by atoms with Crippen molar-refractivity contribution in [3.63, 3.8) is 0 Å². The number of fused-ring (bicyclic) bond motifs is 2. The summed E-state index contributed by atoms with van der Waals surface area (Å²) >= 11 is 1.98. The molecule has 280 valence electrons. The first-order chi connectivity index (χ1) is 24.8. The number of aryl methyl sites for hydroxylation is 2.